The van der Waals surface area contributed by atoms with E-state index in [4.69, 9.17) is 5.11 Å². The summed E-state index contributed by atoms with van der Waals surface area (Å²) in [6.07, 6.45) is 13.5. The standard InChI is InChI=1S/C13H23NO/c15-11-5-9-13-8-4-10-14(13)12-6-2-1-3-7-12/h2,6,12-13,15H,1,3-5,7-11H2/t12-,13-/m1/s1. The highest BCUT2D eigenvalue weighted by Gasteiger charge is 2.29. The van der Waals surface area contributed by atoms with E-state index in [-0.39, 0.29) is 0 Å². The van der Waals surface area contributed by atoms with Crippen molar-refractivity contribution in [3.05, 3.63) is 12.2 Å². The average Bonchev–Trinajstić information content (AvgIpc) is 2.75. The lowest BCUT2D eigenvalue weighted by Crippen LogP contribution is -2.38. The Morgan fingerprint density at radius 3 is 2.93 bits per heavy atom. The predicted octanol–water partition coefficient (Wildman–Crippen LogP) is 2.33. The van der Waals surface area contributed by atoms with Crippen molar-refractivity contribution < 1.29 is 5.11 Å². The van der Waals surface area contributed by atoms with Crippen molar-refractivity contribution >= 4 is 0 Å². The van der Waals surface area contributed by atoms with Gasteiger partial charge in [-0.2, -0.15) is 0 Å². The molecule has 0 aromatic heterocycles. The molecule has 0 bridgehead atoms. The summed E-state index contributed by atoms with van der Waals surface area (Å²) in [6, 6.07) is 1.44. The number of likely N-dealkylation sites (tertiary alicyclic amines) is 1. The van der Waals surface area contributed by atoms with Crippen molar-refractivity contribution in [1.29, 1.82) is 0 Å². The molecule has 0 saturated carbocycles. The summed E-state index contributed by atoms with van der Waals surface area (Å²) in [5, 5.41) is 8.89. The summed E-state index contributed by atoms with van der Waals surface area (Å²) in [4.78, 5) is 2.67. The number of aliphatic hydroxyl groups excluding tert-OH is 1. The number of allylic oxidation sites excluding steroid dienone is 1. The Bertz CT molecular complexity index is 215. The van der Waals surface area contributed by atoms with Gasteiger partial charge in [0.1, 0.15) is 0 Å². The Morgan fingerprint density at radius 1 is 1.27 bits per heavy atom. The van der Waals surface area contributed by atoms with Gasteiger partial charge in [-0.25, -0.2) is 0 Å². The molecule has 0 spiro atoms. The van der Waals surface area contributed by atoms with E-state index < -0.39 is 0 Å². The molecule has 1 saturated heterocycles. The van der Waals surface area contributed by atoms with Crippen LogP contribution in [0.25, 0.3) is 0 Å². The minimum Gasteiger partial charge on any atom is -0.396 e. The largest absolute Gasteiger partial charge is 0.396 e. The van der Waals surface area contributed by atoms with E-state index in [1.54, 1.807) is 0 Å². The maximum absolute atomic E-state index is 8.89. The van der Waals surface area contributed by atoms with Crippen LogP contribution in [-0.2, 0) is 0 Å². The molecule has 15 heavy (non-hydrogen) atoms. The zero-order chi connectivity index (χ0) is 10.5. The second-order valence-corrected chi connectivity index (χ2v) is 4.83. The van der Waals surface area contributed by atoms with Crippen LogP contribution < -0.4 is 0 Å². The Hall–Kier alpha value is -0.340. The summed E-state index contributed by atoms with van der Waals surface area (Å²) in [6.45, 7) is 1.62. The number of hydrogen-bond acceptors (Lipinski definition) is 2. The molecule has 0 amide bonds. The van der Waals surface area contributed by atoms with E-state index in [1.807, 2.05) is 0 Å². The Morgan fingerprint density at radius 2 is 2.20 bits per heavy atom. The molecule has 1 N–H and O–H groups in total. The lowest BCUT2D eigenvalue weighted by molar-refractivity contribution is 0.176. The van der Waals surface area contributed by atoms with Gasteiger partial charge in [0, 0.05) is 18.7 Å². The summed E-state index contributed by atoms with van der Waals surface area (Å²) in [5.41, 5.74) is 0. The first-order chi connectivity index (χ1) is 7.42. The molecule has 2 rings (SSSR count). The molecule has 0 aromatic carbocycles. The highest BCUT2D eigenvalue weighted by atomic mass is 16.2. The van der Waals surface area contributed by atoms with E-state index in [1.165, 1.54) is 45.1 Å². The molecule has 0 aromatic rings. The van der Waals surface area contributed by atoms with Gasteiger partial charge < -0.3 is 5.11 Å². The fraction of sp³-hybridized carbons (Fsp3) is 0.846. The molecule has 1 aliphatic heterocycles. The molecule has 0 radical (unpaired) electrons. The predicted molar refractivity (Wildman–Crippen MR) is 62.8 cm³/mol. The third-order valence-electron chi connectivity index (χ3n) is 3.77. The summed E-state index contributed by atoms with van der Waals surface area (Å²) >= 11 is 0. The van der Waals surface area contributed by atoms with Crippen LogP contribution in [0.4, 0.5) is 0 Å². The maximum atomic E-state index is 8.89. The van der Waals surface area contributed by atoms with Gasteiger partial charge in [-0.15, -0.1) is 0 Å². The first kappa shape index (κ1) is 11.2. The molecule has 0 unspecified atom stereocenters. The number of rotatable bonds is 4. The maximum Gasteiger partial charge on any atom is 0.0431 e. The molecular formula is C13H23NO. The van der Waals surface area contributed by atoms with E-state index in [9.17, 15) is 0 Å². The second-order valence-electron chi connectivity index (χ2n) is 4.83. The zero-order valence-corrected chi connectivity index (χ0v) is 9.57. The van der Waals surface area contributed by atoms with Gasteiger partial charge in [0.05, 0.1) is 0 Å². The van der Waals surface area contributed by atoms with Crippen molar-refractivity contribution in [3.8, 4) is 0 Å². The third-order valence-corrected chi connectivity index (χ3v) is 3.77. The van der Waals surface area contributed by atoms with Crippen LogP contribution in [0.3, 0.4) is 0 Å². The molecule has 2 heteroatoms. The third kappa shape index (κ3) is 2.82. The topological polar surface area (TPSA) is 23.5 Å². The summed E-state index contributed by atoms with van der Waals surface area (Å²) in [5.74, 6) is 0. The molecule has 2 nitrogen and oxygen atoms in total. The van der Waals surface area contributed by atoms with E-state index in [0.29, 0.717) is 12.6 Å². The molecule has 86 valence electrons. The Labute approximate surface area is 93.0 Å². The average molecular weight is 209 g/mol. The minimum absolute atomic E-state index is 0.352. The molecule has 1 heterocycles. The Balaban J connectivity index is 1.88. The van der Waals surface area contributed by atoms with Crippen LogP contribution in [-0.4, -0.2) is 35.2 Å². The van der Waals surface area contributed by atoms with Crippen molar-refractivity contribution in [2.45, 2.75) is 57.0 Å². The monoisotopic (exact) mass is 209 g/mol. The normalized spacial score (nSPS) is 32.3. The van der Waals surface area contributed by atoms with E-state index in [0.717, 1.165) is 12.5 Å². The van der Waals surface area contributed by atoms with Crippen molar-refractivity contribution in [1.82, 2.24) is 4.90 Å². The van der Waals surface area contributed by atoms with Gasteiger partial charge in [0.2, 0.25) is 0 Å². The molecular weight excluding hydrogens is 186 g/mol. The molecule has 2 aliphatic rings. The second kappa shape index (κ2) is 5.66. The van der Waals surface area contributed by atoms with Gasteiger partial charge >= 0.3 is 0 Å². The fourth-order valence-corrected chi connectivity index (χ4v) is 3.00. The van der Waals surface area contributed by atoms with Gasteiger partial charge in [0.15, 0.2) is 0 Å². The first-order valence-corrected chi connectivity index (χ1v) is 6.45. The zero-order valence-electron chi connectivity index (χ0n) is 9.57. The van der Waals surface area contributed by atoms with Gasteiger partial charge in [-0.1, -0.05) is 12.2 Å². The van der Waals surface area contributed by atoms with Crippen molar-refractivity contribution in [2.24, 2.45) is 0 Å². The lowest BCUT2D eigenvalue weighted by atomic mass is 9.99. The van der Waals surface area contributed by atoms with Gasteiger partial charge in [-0.3, -0.25) is 4.90 Å². The van der Waals surface area contributed by atoms with Gasteiger partial charge in [0.25, 0.3) is 0 Å². The van der Waals surface area contributed by atoms with Crippen LogP contribution in [0.2, 0.25) is 0 Å². The van der Waals surface area contributed by atoms with Crippen molar-refractivity contribution in [2.75, 3.05) is 13.2 Å². The van der Waals surface area contributed by atoms with Gasteiger partial charge in [-0.05, 0) is 51.5 Å². The smallest absolute Gasteiger partial charge is 0.0431 e. The number of aliphatic hydroxyl groups is 1. The quantitative estimate of drug-likeness (QED) is 0.718. The highest BCUT2D eigenvalue weighted by molar-refractivity contribution is 5.01. The number of hydrogen-bond donors (Lipinski definition) is 1. The molecule has 1 fully saturated rings. The van der Waals surface area contributed by atoms with E-state index in [2.05, 4.69) is 17.1 Å². The van der Waals surface area contributed by atoms with Crippen LogP contribution >= 0.6 is 0 Å². The van der Waals surface area contributed by atoms with Crippen LogP contribution in [0.15, 0.2) is 12.2 Å². The van der Waals surface area contributed by atoms with Crippen molar-refractivity contribution in [3.63, 3.8) is 0 Å². The molecule has 1 aliphatic carbocycles. The first-order valence-electron chi connectivity index (χ1n) is 6.45. The lowest BCUT2D eigenvalue weighted by Gasteiger charge is -2.32. The Kier molecular flexibility index (Phi) is 4.21. The van der Waals surface area contributed by atoms with E-state index >= 15 is 0 Å². The summed E-state index contributed by atoms with van der Waals surface area (Å²) in [7, 11) is 0. The fourth-order valence-electron chi connectivity index (χ4n) is 3.00. The number of nitrogens with zero attached hydrogens (tertiary/aromatic N) is 1. The minimum atomic E-state index is 0.352. The summed E-state index contributed by atoms with van der Waals surface area (Å²) < 4.78 is 0. The molecule has 2 atom stereocenters. The highest BCUT2D eigenvalue weighted by Crippen LogP contribution is 2.27. The van der Waals surface area contributed by atoms with Crippen LogP contribution in [0.1, 0.15) is 44.9 Å². The SMILES string of the molecule is OCCC[C@H]1CCCN1[C@@H]1C=CCCC1. The van der Waals surface area contributed by atoms with Crippen LogP contribution in [0, 0.1) is 0 Å². The van der Waals surface area contributed by atoms with Crippen LogP contribution in [0.5, 0.6) is 0 Å².